The van der Waals surface area contributed by atoms with E-state index in [4.69, 9.17) is 4.74 Å². The van der Waals surface area contributed by atoms with Crippen LogP contribution >= 0.6 is 12.6 Å². The van der Waals surface area contributed by atoms with Crippen molar-refractivity contribution in [2.24, 2.45) is 0 Å². The van der Waals surface area contributed by atoms with Gasteiger partial charge in [0.1, 0.15) is 12.2 Å². The van der Waals surface area contributed by atoms with Crippen LogP contribution in [0.25, 0.3) is 0 Å². The second-order valence-electron chi connectivity index (χ2n) is 3.77. The molecule has 15 heavy (non-hydrogen) atoms. The summed E-state index contributed by atoms with van der Waals surface area (Å²) in [6.07, 6.45) is -2.88. The fraction of sp³-hybridized carbons (Fsp3) is 0.889. The highest BCUT2D eigenvalue weighted by Crippen LogP contribution is 2.21. The van der Waals surface area contributed by atoms with E-state index in [9.17, 15) is 15.0 Å². The lowest BCUT2D eigenvalue weighted by Crippen LogP contribution is -2.62. The van der Waals surface area contributed by atoms with Gasteiger partial charge in [0, 0.05) is 12.7 Å². The predicted octanol–water partition coefficient (Wildman–Crippen LogP) is -1.07. The molecule has 6 heteroatoms. The van der Waals surface area contributed by atoms with Crippen LogP contribution < -0.4 is 5.32 Å². The Bertz CT molecular complexity index is 238. The molecular formula is C9H17NO4S. The van der Waals surface area contributed by atoms with Gasteiger partial charge in [-0.3, -0.25) is 4.79 Å². The standard InChI is InChI=1S/C9H17NO4S/c1-4-7(10-5(2)11)9(13)8(12)6(3-15)14-4/h4,6-9,12-13,15H,3H2,1-2H3,(H,10,11)/t4?,6-,7+,8+,9-/m1/s1. The number of carbonyl (C=O) groups excluding carboxylic acids is 1. The van der Waals surface area contributed by atoms with Gasteiger partial charge < -0.3 is 20.3 Å². The van der Waals surface area contributed by atoms with Crippen LogP contribution in [0.4, 0.5) is 0 Å². The van der Waals surface area contributed by atoms with Crippen molar-refractivity contribution in [3.63, 3.8) is 0 Å². The third-order valence-electron chi connectivity index (χ3n) is 2.54. The summed E-state index contributed by atoms with van der Waals surface area (Å²) in [5, 5.41) is 22.0. The van der Waals surface area contributed by atoms with Crippen molar-refractivity contribution in [1.82, 2.24) is 5.32 Å². The molecule has 1 aliphatic rings. The molecule has 0 spiro atoms. The van der Waals surface area contributed by atoms with E-state index >= 15 is 0 Å². The van der Waals surface area contributed by atoms with E-state index in [1.165, 1.54) is 6.92 Å². The van der Waals surface area contributed by atoms with Crippen molar-refractivity contribution in [3.05, 3.63) is 0 Å². The number of thiol groups is 1. The lowest BCUT2D eigenvalue weighted by Gasteiger charge is -2.41. The minimum Gasteiger partial charge on any atom is -0.388 e. The van der Waals surface area contributed by atoms with Gasteiger partial charge in [-0.15, -0.1) is 0 Å². The Labute approximate surface area is 94.2 Å². The fourth-order valence-electron chi connectivity index (χ4n) is 1.74. The van der Waals surface area contributed by atoms with Crippen LogP contribution in [-0.4, -0.2) is 52.3 Å². The number of carbonyl (C=O) groups is 1. The molecule has 3 N–H and O–H groups in total. The zero-order chi connectivity index (χ0) is 11.6. The van der Waals surface area contributed by atoms with E-state index in [1.54, 1.807) is 6.92 Å². The summed E-state index contributed by atoms with van der Waals surface area (Å²) in [6, 6.07) is -0.575. The van der Waals surface area contributed by atoms with Crippen LogP contribution in [0.3, 0.4) is 0 Å². The first-order valence-corrected chi connectivity index (χ1v) is 5.50. The Hall–Kier alpha value is -0.300. The molecule has 1 amide bonds. The van der Waals surface area contributed by atoms with Crippen LogP contribution in [0.2, 0.25) is 0 Å². The molecule has 1 fully saturated rings. The van der Waals surface area contributed by atoms with Gasteiger partial charge in [0.15, 0.2) is 0 Å². The van der Waals surface area contributed by atoms with Gasteiger partial charge in [-0.1, -0.05) is 0 Å². The molecule has 1 heterocycles. The minimum absolute atomic E-state index is 0.258. The third kappa shape index (κ3) is 2.84. The van der Waals surface area contributed by atoms with E-state index in [1.807, 2.05) is 0 Å². The summed E-state index contributed by atoms with van der Waals surface area (Å²) in [5.41, 5.74) is 0. The number of aliphatic hydroxyl groups excluding tert-OH is 2. The zero-order valence-corrected chi connectivity index (χ0v) is 9.65. The topological polar surface area (TPSA) is 78.8 Å². The zero-order valence-electron chi connectivity index (χ0n) is 8.75. The van der Waals surface area contributed by atoms with Crippen LogP contribution in [0.15, 0.2) is 0 Å². The first-order valence-electron chi connectivity index (χ1n) is 4.87. The molecule has 1 rings (SSSR count). The highest BCUT2D eigenvalue weighted by Gasteiger charge is 2.42. The molecule has 88 valence electrons. The molecule has 1 saturated heterocycles. The number of amides is 1. The summed E-state index contributed by atoms with van der Waals surface area (Å²) in [7, 11) is 0. The SMILES string of the molecule is CC(=O)N[C@H]1C(C)O[C@H](CS)[C@H](O)[C@@H]1O. The first-order chi connectivity index (χ1) is 6.97. The average molecular weight is 235 g/mol. The monoisotopic (exact) mass is 235 g/mol. The summed E-state index contributed by atoms with van der Waals surface area (Å²) < 4.78 is 5.43. The molecule has 0 bridgehead atoms. The largest absolute Gasteiger partial charge is 0.388 e. The second kappa shape index (κ2) is 5.16. The molecule has 1 aliphatic heterocycles. The van der Waals surface area contributed by atoms with Crippen molar-refractivity contribution in [1.29, 1.82) is 0 Å². The van der Waals surface area contributed by atoms with E-state index in [0.29, 0.717) is 5.75 Å². The lowest BCUT2D eigenvalue weighted by molar-refractivity contribution is -0.173. The number of rotatable bonds is 2. The molecule has 0 saturated carbocycles. The van der Waals surface area contributed by atoms with Crippen molar-refractivity contribution in [2.45, 2.75) is 44.3 Å². The van der Waals surface area contributed by atoms with Gasteiger partial charge >= 0.3 is 0 Å². The summed E-state index contributed by atoms with van der Waals surface area (Å²) >= 11 is 4.02. The third-order valence-corrected chi connectivity index (χ3v) is 2.90. The number of hydrogen-bond acceptors (Lipinski definition) is 5. The Balaban J connectivity index is 2.70. The van der Waals surface area contributed by atoms with Crippen molar-refractivity contribution < 1.29 is 19.7 Å². The van der Waals surface area contributed by atoms with E-state index in [-0.39, 0.29) is 12.0 Å². The molecule has 0 aromatic rings. The van der Waals surface area contributed by atoms with Gasteiger partial charge in [0.25, 0.3) is 0 Å². The Morgan fingerprint density at radius 1 is 1.47 bits per heavy atom. The lowest BCUT2D eigenvalue weighted by atomic mass is 9.94. The summed E-state index contributed by atoms with van der Waals surface area (Å²) in [5.74, 6) is 0.0704. The molecule has 0 aromatic heterocycles. The van der Waals surface area contributed by atoms with Gasteiger partial charge in [0.2, 0.25) is 5.91 Å². The average Bonchev–Trinajstić information content (AvgIpc) is 2.18. The van der Waals surface area contributed by atoms with Crippen molar-refractivity contribution >= 4 is 18.5 Å². The van der Waals surface area contributed by atoms with E-state index in [2.05, 4.69) is 17.9 Å². The highest BCUT2D eigenvalue weighted by atomic mass is 32.1. The van der Waals surface area contributed by atoms with Gasteiger partial charge in [0.05, 0.1) is 18.2 Å². The number of aliphatic hydroxyl groups is 2. The number of hydrogen-bond donors (Lipinski definition) is 4. The molecule has 0 aliphatic carbocycles. The van der Waals surface area contributed by atoms with Crippen LogP contribution in [0, 0.1) is 0 Å². The summed E-state index contributed by atoms with van der Waals surface area (Å²) in [6.45, 7) is 3.10. The van der Waals surface area contributed by atoms with Crippen LogP contribution in [-0.2, 0) is 9.53 Å². The molecule has 5 nitrogen and oxygen atoms in total. The van der Waals surface area contributed by atoms with Crippen LogP contribution in [0.1, 0.15) is 13.8 Å². The predicted molar refractivity (Wildman–Crippen MR) is 57.8 cm³/mol. The Kier molecular flexibility index (Phi) is 4.39. The quantitative estimate of drug-likeness (QED) is 0.460. The highest BCUT2D eigenvalue weighted by molar-refractivity contribution is 7.80. The molecule has 1 unspecified atom stereocenters. The van der Waals surface area contributed by atoms with Crippen molar-refractivity contribution in [2.75, 3.05) is 5.75 Å². The second-order valence-corrected chi connectivity index (χ2v) is 4.13. The molecule has 5 atom stereocenters. The van der Waals surface area contributed by atoms with Crippen molar-refractivity contribution in [3.8, 4) is 0 Å². The summed E-state index contributed by atoms with van der Waals surface area (Å²) in [4.78, 5) is 10.9. The number of nitrogens with one attached hydrogen (secondary N) is 1. The molecular weight excluding hydrogens is 218 g/mol. The van der Waals surface area contributed by atoms with Gasteiger partial charge in [-0.25, -0.2) is 0 Å². The Morgan fingerprint density at radius 3 is 2.53 bits per heavy atom. The van der Waals surface area contributed by atoms with E-state index < -0.39 is 24.4 Å². The van der Waals surface area contributed by atoms with Gasteiger partial charge in [-0.05, 0) is 6.92 Å². The minimum atomic E-state index is -1.02. The van der Waals surface area contributed by atoms with Crippen LogP contribution in [0.5, 0.6) is 0 Å². The maximum atomic E-state index is 10.9. The number of ether oxygens (including phenoxy) is 1. The maximum Gasteiger partial charge on any atom is 0.217 e. The normalized spacial score (nSPS) is 41.3. The van der Waals surface area contributed by atoms with Gasteiger partial charge in [-0.2, -0.15) is 12.6 Å². The smallest absolute Gasteiger partial charge is 0.217 e. The fourth-order valence-corrected chi connectivity index (χ4v) is 2.04. The molecule has 0 aromatic carbocycles. The van der Waals surface area contributed by atoms with E-state index in [0.717, 1.165) is 0 Å². The molecule has 0 radical (unpaired) electrons. The first kappa shape index (κ1) is 12.8. The maximum absolute atomic E-state index is 10.9. The Morgan fingerprint density at radius 2 is 2.07 bits per heavy atom.